The highest BCUT2D eigenvalue weighted by Gasteiger charge is 2.61. The molecule has 0 bridgehead atoms. The molecule has 3 heterocycles. The number of carbonyl (C=O) groups is 1. The topological polar surface area (TPSA) is 146 Å². The predicted molar refractivity (Wildman–Crippen MR) is 136 cm³/mol. The Kier molecular flexibility index (Phi) is 4.72. The molecule has 0 amide bonds. The lowest BCUT2D eigenvalue weighted by molar-refractivity contribution is -0.121. The molecule has 5 N–H and O–H groups in total. The molecule has 0 unspecified atom stereocenters. The van der Waals surface area contributed by atoms with Crippen molar-refractivity contribution in [3.8, 4) is 46.0 Å². The first-order chi connectivity index (χ1) is 18.7. The van der Waals surface area contributed by atoms with E-state index in [9.17, 15) is 30.3 Å². The van der Waals surface area contributed by atoms with Gasteiger partial charge in [-0.3, -0.25) is 4.79 Å². The lowest BCUT2D eigenvalue weighted by Crippen LogP contribution is -2.47. The van der Waals surface area contributed by atoms with Gasteiger partial charge in [-0.15, -0.1) is 0 Å². The van der Waals surface area contributed by atoms with Gasteiger partial charge in [0.25, 0.3) is 5.79 Å². The summed E-state index contributed by atoms with van der Waals surface area (Å²) >= 11 is 0. The van der Waals surface area contributed by atoms with Crippen LogP contribution < -0.4 is 14.2 Å². The van der Waals surface area contributed by atoms with Gasteiger partial charge in [-0.1, -0.05) is 12.1 Å². The number of carbonyl (C=O) groups excluding carboxylic acids is 1. The Morgan fingerprint density at radius 3 is 2.13 bits per heavy atom. The number of phenolic OH excluding ortho intramolecular Hbond substituents is 5. The van der Waals surface area contributed by atoms with Crippen LogP contribution in [0.3, 0.4) is 0 Å². The van der Waals surface area contributed by atoms with Crippen LogP contribution in [-0.4, -0.2) is 31.3 Å². The first-order valence-corrected chi connectivity index (χ1v) is 12.4. The van der Waals surface area contributed by atoms with Crippen molar-refractivity contribution in [1.82, 2.24) is 0 Å². The molecule has 7 rings (SSSR count). The Morgan fingerprint density at radius 2 is 1.41 bits per heavy atom. The van der Waals surface area contributed by atoms with Crippen molar-refractivity contribution in [2.45, 2.75) is 30.7 Å². The van der Waals surface area contributed by atoms with E-state index in [-0.39, 0.29) is 40.1 Å². The smallest absolute Gasteiger partial charge is 0.292 e. The van der Waals surface area contributed by atoms with E-state index in [1.165, 1.54) is 24.3 Å². The fourth-order valence-electron chi connectivity index (χ4n) is 5.81. The number of benzene rings is 4. The first kappa shape index (κ1) is 23.1. The summed E-state index contributed by atoms with van der Waals surface area (Å²) in [5, 5.41) is 51.3. The Bertz CT molecular complexity index is 1660. The van der Waals surface area contributed by atoms with E-state index >= 15 is 0 Å². The summed E-state index contributed by atoms with van der Waals surface area (Å²) in [6, 6.07) is 16.3. The number of aromatic hydroxyl groups is 5. The van der Waals surface area contributed by atoms with Gasteiger partial charge in [0.15, 0.2) is 5.78 Å². The average molecular weight is 526 g/mol. The minimum Gasteiger partial charge on any atom is -0.508 e. The van der Waals surface area contributed by atoms with Crippen LogP contribution in [0.5, 0.6) is 46.0 Å². The molecule has 196 valence electrons. The zero-order valence-electron chi connectivity index (χ0n) is 20.3. The van der Waals surface area contributed by atoms with Crippen molar-refractivity contribution in [1.29, 1.82) is 0 Å². The van der Waals surface area contributed by atoms with E-state index in [1.54, 1.807) is 36.4 Å². The van der Waals surface area contributed by atoms with Crippen LogP contribution in [-0.2, 0) is 12.2 Å². The van der Waals surface area contributed by atoms with Crippen LogP contribution in [0.1, 0.15) is 51.1 Å². The summed E-state index contributed by atoms with van der Waals surface area (Å²) in [5.41, 5.74) is 1.97. The van der Waals surface area contributed by atoms with Crippen molar-refractivity contribution >= 4 is 5.78 Å². The van der Waals surface area contributed by atoms with E-state index < -0.39 is 29.3 Å². The number of hydrogen-bond acceptors (Lipinski definition) is 9. The number of fused-ring (bicyclic) bond motifs is 6. The van der Waals surface area contributed by atoms with Crippen LogP contribution in [0.25, 0.3) is 0 Å². The number of Topliss-reactive ketones (excluding diaryl/α,β-unsaturated/α-hetero) is 1. The van der Waals surface area contributed by atoms with Gasteiger partial charge >= 0.3 is 0 Å². The van der Waals surface area contributed by atoms with Crippen LogP contribution in [0, 0.1) is 0 Å². The van der Waals surface area contributed by atoms with Crippen molar-refractivity contribution in [2.75, 3.05) is 0 Å². The molecule has 0 aromatic heterocycles. The molecule has 9 heteroatoms. The van der Waals surface area contributed by atoms with Crippen LogP contribution in [0.2, 0.25) is 0 Å². The third-order valence-electron chi connectivity index (χ3n) is 7.58. The molecule has 39 heavy (non-hydrogen) atoms. The van der Waals surface area contributed by atoms with Crippen molar-refractivity contribution in [3.05, 3.63) is 94.5 Å². The molecule has 0 aliphatic carbocycles. The van der Waals surface area contributed by atoms with E-state index in [0.717, 1.165) is 11.6 Å². The molecule has 0 fully saturated rings. The normalized spacial score (nSPS) is 22.4. The highest BCUT2D eigenvalue weighted by atomic mass is 16.7. The van der Waals surface area contributed by atoms with Gasteiger partial charge < -0.3 is 39.7 Å². The molecule has 0 spiro atoms. The lowest BCUT2D eigenvalue weighted by atomic mass is 9.78. The fraction of sp³-hybridized carbons (Fsp3) is 0.167. The van der Waals surface area contributed by atoms with Gasteiger partial charge in [0.05, 0.1) is 5.56 Å². The van der Waals surface area contributed by atoms with Crippen molar-refractivity contribution < 1.29 is 44.5 Å². The average Bonchev–Trinajstić information content (AvgIpc) is 3.24. The molecule has 0 radical (unpaired) electrons. The van der Waals surface area contributed by atoms with Gasteiger partial charge in [0, 0.05) is 29.3 Å². The summed E-state index contributed by atoms with van der Waals surface area (Å²) in [5.74, 6) is -3.77. The maximum Gasteiger partial charge on any atom is 0.292 e. The molecule has 0 saturated carbocycles. The molecule has 3 aliphatic heterocycles. The van der Waals surface area contributed by atoms with Gasteiger partial charge in [0.1, 0.15) is 63.6 Å². The van der Waals surface area contributed by atoms with Gasteiger partial charge in [-0.2, -0.15) is 0 Å². The minimum absolute atomic E-state index is 0.00451. The Hall–Kier alpha value is -5.05. The third-order valence-corrected chi connectivity index (χ3v) is 7.58. The summed E-state index contributed by atoms with van der Waals surface area (Å²) < 4.78 is 19.1. The maximum atomic E-state index is 14.2. The highest BCUT2D eigenvalue weighted by Crippen LogP contribution is 2.62. The quantitative estimate of drug-likeness (QED) is 0.246. The minimum atomic E-state index is -1.78. The van der Waals surface area contributed by atoms with Crippen molar-refractivity contribution in [3.63, 3.8) is 0 Å². The molecule has 0 saturated heterocycles. The lowest BCUT2D eigenvalue weighted by Gasteiger charge is -2.39. The zero-order valence-corrected chi connectivity index (χ0v) is 20.3. The second kappa shape index (κ2) is 7.97. The Balaban J connectivity index is 1.44. The van der Waals surface area contributed by atoms with Crippen LogP contribution in [0.15, 0.2) is 66.7 Å². The molecule has 4 aromatic rings. The summed E-state index contributed by atoms with van der Waals surface area (Å²) in [7, 11) is 0. The van der Waals surface area contributed by atoms with Crippen LogP contribution >= 0.6 is 0 Å². The monoisotopic (exact) mass is 526 g/mol. The summed E-state index contributed by atoms with van der Waals surface area (Å²) in [6.45, 7) is 0. The van der Waals surface area contributed by atoms with E-state index in [2.05, 4.69) is 0 Å². The fourth-order valence-corrected chi connectivity index (χ4v) is 5.81. The molecule has 3 atom stereocenters. The van der Waals surface area contributed by atoms with Gasteiger partial charge in [-0.05, 0) is 54.8 Å². The first-order valence-electron chi connectivity index (χ1n) is 12.4. The zero-order chi connectivity index (χ0) is 27.1. The van der Waals surface area contributed by atoms with Crippen molar-refractivity contribution in [2.24, 2.45) is 0 Å². The number of hydrogen-bond donors (Lipinski definition) is 5. The Labute approximate surface area is 221 Å². The second-order valence-electron chi connectivity index (χ2n) is 9.91. The summed E-state index contributed by atoms with van der Waals surface area (Å²) in [6.07, 6.45) is 0.570. The molecule has 4 aromatic carbocycles. The number of ketones is 1. The number of phenols is 5. The molecular formula is C30H22O9. The van der Waals surface area contributed by atoms with Crippen LogP contribution in [0.4, 0.5) is 0 Å². The van der Waals surface area contributed by atoms with Gasteiger partial charge in [0.2, 0.25) is 0 Å². The molecular weight excluding hydrogens is 504 g/mol. The summed E-state index contributed by atoms with van der Waals surface area (Å²) in [4.78, 5) is 14.2. The second-order valence-corrected chi connectivity index (χ2v) is 9.91. The standard InChI is InChI=1S/C30H22O9/c31-16-5-1-14(2-6-16)22-10-9-19-20(34)13-24-26(29(19)37-22)27-28(36)25-21(35)11-18(33)12-23(25)38-30(27,39-24)15-3-7-17(32)8-4-15/h1-8,11-13,22,27,31-35H,9-10H2/t22-,27+,30+/m1/s1. The van der Waals surface area contributed by atoms with E-state index in [1.807, 2.05) is 0 Å². The van der Waals surface area contributed by atoms with E-state index in [0.29, 0.717) is 35.3 Å². The SMILES string of the molecule is O=C1c2c(O)cc(O)cc2O[C@@]2(c3ccc(O)cc3)Oc3cc(O)c4c(c3[C@@H]12)O[C@@H](c1ccc(O)cc1)CC4. The van der Waals surface area contributed by atoms with E-state index in [4.69, 9.17) is 14.2 Å². The predicted octanol–water partition coefficient (Wildman–Crippen LogP) is 4.89. The Morgan fingerprint density at radius 1 is 0.744 bits per heavy atom. The molecule has 9 nitrogen and oxygen atoms in total. The highest BCUT2D eigenvalue weighted by molar-refractivity contribution is 6.08. The molecule has 3 aliphatic rings. The third kappa shape index (κ3) is 3.29. The van der Waals surface area contributed by atoms with Gasteiger partial charge in [-0.25, -0.2) is 0 Å². The number of rotatable bonds is 2. The maximum absolute atomic E-state index is 14.2. The number of ether oxygens (including phenoxy) is 3. The largest absolute Gasteiger partial charge is 0.508 e.